The van der Waals surface area contributed by atoms with Crippen molar-refractivity contribution >= 4 is 33.1 Å². The van der Waals surface area contributed by atoms with E-state index in [-0.39, 0.29) is 5.91 Å². The van der Waals surface area contributed by atoms with Crippen LogP contribution in [0.15, 0.2) is 12.1 Å². The Balaban J connectivity index is 1.98. The predicted octanol–water partition coefficient (Wildman–Crippen LogP) is 3.45. The number of nitrogen functional groups attached to an aromatic ring is 1. The highest BCUT2D eigenvalue weighted by atomic mass is 32.1. The molecule has 0 aromatic carbocycles. The SMILES string of the molecule is Cc1ccc2c(N)c(C(=O)N(CC(C)C)C3CC3)sc2n1. The quantitative estimate of drug-likeness (QED) is 0.941. The van der Waals surface area contributed by atoms with Crippen LogP contribution in [0.2, 0.25) is 0 Å². The Kier molecular flexibility index (Phi) is 3.61. The van der Waals surface area contributed by atoms with Crippen molar-refractivity contribution in [3.63, 3.8) is 0 Å². The molecule has 112 valence electrons. The number of rotatable bonds is 4. The summed E-state index contributed by atoms with van der Waals surface area (Å²) < 4.78 is 0. The highest BCUT2D eigenvalue weighted by molar-refractivity contribution is 7.21. The molecule has 4 nitrogen and oxygen atoms in total. The molecule has 2 aromatic heterocycles. The van der Waals surface area contributed by atoms with Crippen LogP contribution in [-0.2, 0) is 0 Å². The number of amides is 1. The van der Waals surface area contributed by atoms with Gasteiger partial charge in [-0.25, -0.2) is 4.98 Å². The highest BCUT2D eigenvalue weighted by Crippen LogP contribution is 2.36. The van der Waals surface area contributed by atoms with Crippen molar-refractivity contribution in [3.05, 3.63) is 22.7 Å². The number of hydrogen-bond acceptors (Lipinski definition) is 4. The molecule has 2 N–H and O–H groups in total. The average Bonchev–Trinajstić information content (AvgIpc) is 3.20. The van der Waals surface area contributed by atoms with Crippen LogP contribution in [0.4, 0.5) is 5.69 Å². The van der Waals surface area contributed by atoms with E-state index in [0.29, 0.717) is 22.5 Å². The van der Waals surface area contributed by atoms with Crippen LogP contribution in [-0.4, -0.2) is 28.4 Å². The molecule has 0 atom stereocenters. The molecule has 5 heteroatoms. The van der Waals surface area contributed by atoms with Gasteiger partial charge in [0, 0.05) is 23.7 Å². The molecule has 1 saturated carbocycles. The summed E-state index contributed by atoms with van der Waals surface area (Å²) in [5.41, 5.74) is 7.74. The van der Waals surface area contributed by atoms with Crippen molar-refractivity contribution in [2.45, 2.75) is 39.7 Å². The van der Waals surface area contributed by atoms with Crippen molar-refractivity contribution in [2.24, 2.45) is 5.92 Å². The van der Waals surface area contributed by atoms with Crippen molar-refractivity contribution < 1.29 is 4.79 Å². The first-order chi connectivity index (χ1) is 9.97. The third-order valence-corrected chi connectivity index (χ3v) is 4.84. The second kappa shape index (κ2) is 5.30. The van der Waals surface area contributed by atoms with Crippen molar-refractivity contribution in [2.75, 3.05) is 12.3 Å². The summed E-state index contributed by atoms with van der Waals surface area (Å²) in [5, 5.41) is 0.897. The number of carbonyl (C=O) groups is 1. The van der Waals surface area contributed by atoms with Gasteiger partial charge in [0.05, 0.1) is 5.69 Å². The Hall–Kier alpha value is -1.62. The molecule has 1 fully saturated rings. The summed E-state index contributed by atoms with van der Waals surface area (Å²) in [6, 6.07) is 4.30. The lowest BCUT2D eigenvalue weighted by Gasteiger charge is -2.24. The van der Waals surface area contributed by atoms with Gasteiger partial charge in [0.25, 0.3) is 5.91 Å². The van der Waals surface area contributed by atoms with Gasteiger partial charge >= 0.3 is 0 Å². The van der Waals surface area contributed by atoms with Crippen LogP contribution in [0.25, 0.3) is 10.2 Å². The molecule has 1 amide bonds. The molecule has 21 heavy (non-hydrogen) atoms. The summed E-state index contributed by atoms with van der Waals surface area (Å²) in [7, 11) is 0. The van der Waals surface area contributed by atoms with Crippen molar-refractivity contribution in [1.29, 1.82) is 0 Å². The van der Waals surface area contributed by atoms with Gasteiger partial charge in [-0.15, -0.1) is 11.3 Å². The first-order valence-electron chi connectivity index (χ1n) is 7.44. The van der Waals surface area contributed by atoms with E-state index in [0.717, 1.165) is 35.3 Å². The number of thiophene rings is 1. The number of aromatic nitrogens is 1. The number of nitrogens with two attached hydrogens (primary N) is 1. The van der Waals surface area contributed by atoms with Crippen LogP contribution in [0.5, 0.6) is 0 Å². The number of fused-ring (bicyclic) bond motifs is 1. The monoisotopic (exact) mass is 303 g/mol. The molecule has 0 unspecified atom stereocenters. The summed E-state index contributed by atoms with van der Waals surface area (Å²) in [4.78, 5) is 20.9. The normalized spacial score (nSPS) is 14.9. The molecular formula is C16H21N3OS. The van der Waals surface area contributed by atoms with E-state index in [1.807, 2.05) is 24.0 Å². The van der Waals surface area contributed by atoms with E-state index in [2.05, 4.69) is 18.8 Å². The molecule has 2 aromatic rings. The van der Waals surface area contributed by atoms with Crippen LogP contribution < -0.4 is 5.73 Å². The molecule has 3 rings (SSSR count). The van der Waals surface area contributed by atoms with Gasteiger partial charge in [-0.3, -0.25) is 4.79 Å². The van der Waals surface area contributed by atoms with Crippen molar-refractivity contribution in [3.8, 4) is 0 Å². The number of anilines is 1. The van der Waals surface area contributed by atoms with E-state index in [1.165, 1.54) is 11.3 Å². The summed E-state index contributed by atoms with van der Waals surface area (Å²) >= 11 is 1.42. The topological polar surface area (TPSA) is 59.2 Å². The summed E-state index contributed by atoms with van der Waals surface area (Å²) in [5.74, 6) is 0.537. The van der Waals surface area contributed by atoms with E-state index in [1.54, 1.807) is 0 Å². The number of nitrogens with zero attached hydrogens (tertiary/aromatic N) is 2. The minimum Gasteiger partial charge on any atom is -0.397 e. The third kappa shape index (κ3) is 2.75. The van der Waals surface area contributed by atoms with Crippen LogP contribution in [0.1, 0.15) is 42.1 Å². The zero-order chi connectivity index (χ0) is 15.1. The molecule has 1 aliphatic carbocycles. The van der Waals surface area contributed by atoms with Gasteiger partial charge in [0.15, 0.2) is 0 Å². The fourth-order valence-corrected chi connectivity index (χ4v) is 3.65. The Morgan fingerprint density at radius 3 is 2.81 bits per heavy atom. The van der Waals surface area contributed by atoms with Gasteiger partial charge in [0.1, 0.15) is 9.71 Å². The molecule has 0 radical (unpaired) electrons. The second-order valence-corrected chi connectivity index (χ2v) is 7.23. The van der Waals surface area contributed by atoms with Crippen LogP contribution in [0.3, 0.4) is 0 Å². The summed E-state index contributed by atoms with van der Waals surface area (Å²) in [6.45, 7) is 7.03. The third-order valence-electron chi connectivity index (χ3n) is 3.74. The smallest absolute Gasteiger partial charge is 0.266 e. The Morgan fingerprint density at radius 1 is 1.48 bits per heavy atom. The first kappa shape index (κ1) is 14.3. The van der Waals surface area contributed by atoms with Gasteiger partial charge < -0.3 is 10.6 Å². The highest BCUT2D eigenvalue weighted by Gasteiger charge is 2.35. The molecule has 0 aliphatic heterocycles. The van der Waals surface area contributed by atoms with E-state index in [9.17, 15) is 4.79 Å². The second-order valence-electron chi connectivity index (χ2n) is 6.23. The largest absolute Gasteiger partial charge is 0.397 e. The molecule has 0 spiro atoms. The molecule has 0 saturated heterocycles. The van der Waals surface area contributed by atoms with Crippen molar-refractivity contribution in [1.82, 2.24) is 9.88 Å². The maximum absolute atomic E-state index is 12.9. The number of aryl methyl sites for hydroxylation is 1. The average molecular weight is 303 g/mol. The first-order valence-corrected chi connectivity index (χ1v) is 8.25. The summed E-state index contributed by atoms with van der Waals surface area (Å²) in [6.07, 6.45) is 2.22. The fourth-order valence-electron chi connectivity index (χ4n) is 2.56. The van der Waals surface area contributed by atoms with Gasteiger partial charge in [0.2, 0.25) is 0 Å². The fraction of sp³-hybridized carbons (Fsp3) is 0.500. The lowest BCUT2D eigenvalue weighted by Crippen LogP contribution is -2.36. The Labute approximate surface area is 129 Å². The molecular weight excluding hydrogens is 282 g/mol. The van der Waals surface area contributed by atoms with Gasteiger partial charge in [-0.2, -0.15) is 0 Å². The maximum Gasteiger partial charge on any atom is 0.266 e. The molecule has 0 bridgehead atoms. The number of hydrogen-bond donors (Lipinski definition) is 1. The molecule has 2 heterocycles. The standard InChI is InChI=1S/C16H21N3OS/c1-9(2)8-19(11-5-6-11)16(20)14-13(17)12-7-4-10(3)18-15(12)21-14/h4,7,9,11H,5-6,8,17H2,1-3H3. The number of pyridine rings is 1. The van der Waals surface area contributed by atoms with Crippen LogP contribution in [0, 0.1) is 12.8 Å². The number of carbonyl (C=O) groups excluding carboxylic acids is 1. The van der Waals surface area contributed by atoms with Gasteiger partial charge in [-0.05, 0) is 37.8 Å². The Morgan fingerprint density at radius 2 is 2.19 bits per heavy atom. The maximum atomic E-state index is 12.9. The van der Waals surface area contributed by atoms with Gasteiger partial charge in [-0.1, -0.05) is 13.8 Å². The zero-order valence-corrected chi connectivity index (χ0v) is 13.5. The minimum absolute atomic E-state index is 0.0735. The zero-order valence-electron chi connectivity index (χ0n) is 12.7. The van der Waals surface area contributed by atoms with E-state index in [4.69, 9.17) is 5.73 Å². The lowest BCUT2D eigenvalue weighted by atomic mass is 10.2. The van der Waals surface area contributed by atoms with E-state index < -0.39 is 0 Å². The van der Waals surface area contributed by atoms with E-state index >= 15 is 0 Å². The molecule has 1 aliphatic rings. The Bertz CT molecular complexity index is 688. The predicted molar refractivity (Wildman–Crippen MR) is 87.7 cm³/mol. The minimum atomic E-state index is 0.0735. The van der Waals surface area contributed by atoms with Crippen LogP contribution >= 0.6 is 11.3 Å². The lowest BCUT2D eigenvalue weighted by molar-refractivity contribution is 0.0728.